The van der Waals surface area contributed by atoms with Crippen molar-refractivity contribution in [1.29, 1.82) is 0 Å². The Bertz CT molecular complexity index is 599. The highest BCUT2D eigenvalue weighted by molar-refractivity contribution is 5.43. The molecule has 3 nitrogen and oxygen atoms in total. The van der Waals surface area contributed by atoms with Crippen LogP contribution in [0.4, 0.5) is 14.6 Å². The summed E-state index contributed by atoms with van der Waals surface area (Å²) in [6.45, 7) is 1.88. The summed E-state index contributed by atoms with van der Waals surface area (Å²) in [6, 6.07) is 4.80. The van der Waals surface area contributed by atoms with Crippen LogP contribution in [0.5, 0.6) is 0 Å². The molecule has 4 N–H and O–H groups in total. The van der Waals surface area contributed by atoms with Crippen LogP contribution in [0.1, 0.15) is 22.7 Å². The van der Waals surface area contributed by atoms with E-state index in [0.29, 0.717) is 16.9 Å². The van der Waals surface area contributed by atoms with Crippen molar-refractivity contribution in [2.24, 2.45) is 5.73 Å². The van der Waals surface area contributed by atoms with Gasteiger partial charge in [-0.15, -0.1) is 0 Å². The number of nitrogens with zero attached hydrogens (tertiary/aromatic N) is 1. The molecule has 2 rings (SSSR count). The van der Waals surface area contributed by atoms with Crippen molar-refractivity contribution in [3.05, 3.63) is 58.8 Å². The molecule has 0 aliphatic heterocycles. The van der Waals surface area contributed by atoms with Crippen LogP contribution < -0.4 is 11.5 Å². The third-order valence-electron chi connectivity index (χ3n) is 2.94. The summed E-state index contributed by atoms with van der Waals surface area (Å²) in [5.41, 5.74) is 13.7. The molecule has 5 heteroatoms. The Morgan fingerprint density at radius 2 is 2.00 bits per heavy atom. The smallest absolute Gasteiger partial charge is 0.129 e. The highest BCUT2D eigenvalue weighted by atomic mass is 19.1. The normalized spacial score (nSPS) is 12.4. The number of nitrogen functional groups attached to an aromatic ring is 1. The van der Waals surface area contributed by atoms with Crippen LogP contribution in [-0.4, -0.2) is 4.98 Å². The molecule has 0 aliphatic rings. The molecule has 19 heavy (non-hydrogen) atoms. The number of benzene rings is 1. The van der Waals surface area contributed by atoms with Gasteiger partial charge in [0.15, 0.2) is 0 Å². The van der Waals surface area contributed by atoms with Crippen LogP contribution in [0.25, 0.3) is 0 Å². The fourth-order valence-electron chi connectivity index (χ4n) is 1.93. The van der Waals surface area contributed by atoms with E-state index in [1.165, 1.54) is 12.1 Å². The van der Waals surface area contributed by atoms with Gasteiger partial charge < -0.3 is 11.5 Å². The van der Waals surface area contributed by atoms with Crippen LogP contribution in [-0.2, 0) is 6.42 Å². The SMILES string of the molecule is Cc1cnc(N)c(C(N)Cc2ccc(F)cc2F)c1. The molecule has 100 valence electrons. The molecule has 1 aromatic carbocycles. The van der Waals surface area contributed by atoms with E-state index in [2.05, 4.69) is 4.98 Å². The lowest BCUT2D eigenvalue weighted by atomic mass is 9.99. The van der Waals surface area contributed by atoms with Gasteiger partial charge >= 0.3 is 0 Å². The topological polar surface area (TPSA) is 64.9 Å². The summed E-state index contributed by atoms with van der Waals surface area (Å²) in [7, 11) is 0. The van der Waals surface area contributed by atoms with Gasteiger partial charge in [0.25, 0.3) is 0 Å². The number of rotatable bonds is 3. The lowest BCUT2D eigenvalue weighted by Gasteiger charge is -2.15. The molecule has 0 fully saturated rings. The van der Waals surface area contributed by atoms with E-state index in [1.807, 2.05) is 13.0 Å². The van der Waals surface area contributed by atoms with Crippen LogP contribution in [0, 0.1) is 18.6 Å². The lowest BCUT2D eigenvalue weighted by Crippen LogP contribution is -2.17. The van der Waals surface area contributed by atoms with Gasteiger partial charge in [-0.1, -0.05) is 6.07 Å². The summed E-state index contributed by atoms with van der Waals surface area (Å²) in [5.74, 6) is -0.873. The van der Waals surface area contributed by atoms with Crippen molar-refractivity contribution in [2.75, 3.05) is 5.73 Å². The molecule has 0 saturated carbocycles. The average Bonchev–Trinajstić information content (AvgIpc) is 2.35. The molecule has 0 bridgehead atoms. The predicted molar refractivity (Wildman–Crippen MR) is 70.4 cm³/mol. The van der Waals surface area contributed by atoms with Gasteiger partial charge in [0.05, 0.1) is 0 Å². The first kappa shape index (κ1) is 13.4. The van der Waals surface area contributed by atoms with E-state index < -0.39 is 17.7 Å². The highest BCUT2D eigenvalue weighted by Gasteiger charge is 2.14. The number of aryl methyl sites for hydroxylation is 1. The maximum atomic E-state index is 13.6. The minimum absolute atomic E-state index is 0.238. The highest BCUT2D eigenvalue weighted by Crippen LogP contribution is 2.22. The molecule has 1 unspecified atom stereocenters. The second kappa shape index (κ2) is 5.32. The molecule has 0 aliphatic carbocycles. The zero-order chi connectivity index (χ0) is 14.0. The van der Waals surface area contributed by atoms with Crippen molar-refractivity contribution in [3.63, 3.8) is 0 Å². The van der Waals surface area contributed by atoms with Crippen LogP contribution in [0.3, 0.4) is 0 Å². The largest absolute Gasteiger partial charge is 0.383 e. The average molecular weight is 263 g/mol. The molecular weight excluding hydrogens is 248 g/mol. The summed E-state index contributed by atoms with van der Waals surface area (Å²) in [4.78, 5) is 4.02. The predicted octanol–water partition coefficient (Wildman–Crippen LogP) is 2.49. The van der Waals surface area contributed by atoms with Crippen LogP contribution in [0.2, 0.25) is 0 Å². The standard InChI is InChI=1S/C14H15F2N3/c1-8-4-11(14(18)19-7-8)13(17)5-9-2-3-10(15)6-12(9)16/h2-4,6-7,13H,5,17H2,1H3,(H2,18,19). The van der Waals surface area contributed by atoms with E-state index in [1.54, 1.807) is 6.20 Å². The maximum Gasteiger partial charge on any atom is 0.129 e. The Balaban J connectivity index is 2.25. The lowest BCUT2D eigenvalue weighted by molar-refractivity contribution is 0.563. The van der Waals surface area contributed by atoms with E-state index in [4.69, 9.17) is 11.5 Å². The van der Waals surface area contributed by atoms with Crippen molar-refractivity contribution in [3.8, 4) is 0 Å². The van der Waals surface area contributed by atoms with Gasteiger partial charge in [-0.05, 0) is 36.6 Å². The van der Waals surface area contributed by atoms with Crippen molar-refractivity contribution in [1.82, 2.24) is 4.98 Å². The third kappa shape index (κ3) is 3.06. The number of hydrogen-bond acceptors (Lipinski definition) is 3. The zero-order valence-corrected chi connectivity index (χ0v) is 10.5. The number of halogens is 2. The minimum Gasteiger partial charge on any atom is -0.383 e. The first-order chi connectivity index (χ1) is 8.97. The third-order valence-corrected chi connectivity index (χ3v) is 2.94. The molecule has 0 amide bonds. The van der Waals surface area contributed by atoms with Crippen LogP contribution in [0.15, 0.2) is 30.5 Å². The Morgan fingerprint density at radius 3 is 2.68 bits per heavy atom. The fourth-order valence-corrected chi connectivity index (χ4v) is 1.93. The van der Waals surface area contributed by atoms with Gasteiger partial charge in [0, 0.05) is 23.9 Å². The monoisotopic (exact) mass is 263 g/mol. The molecule has 0 radical (unpaired) electrons. The van der Waals surface area contributed by atoms with Gasteiger partial charge in [-0.2, -0.15) is 0 Å². The van der Waals surface area contributed by atoms with Gasteiger partial charge in [-0.3, -0.25) is 0 Å². The molecule has 1 atom stereocenters. The Labute approximate surface area is 110 Å². The van der Waals surface area contributed by atoms with Crippen molar-refractivity contribution >= 4 is 5.82 Å². The number of pyridine rings is 1. The Morgan fingerprint density at radius 1 is 1.26 bits per heavy atom. The van der Waals surface area contributed by atoms with Gasteiger partial charge in [-0.25, -0.2) is 13.8 Å². The first-order valence-corrected chi connectivity index (χ1v) is 5.89. The molecule has 0 spiro atoms. The zero-order valence-electron chi connectivity index (χ0n) is 10.5. The Kier molecular flexibility index (Phi) is 3.76. The molecule has 0 saturated heterocycles. The van der Waals surface area contributed by atoms with Gasteiger partial charge in [0.2, 0.25) is 0 Å². The fraction of sp³-hybridized carbons (Fsp3) is 0.214. The summed E-state index contributed by atoms with van der Waals surface area (Å²) >= 11 is 0. The van der Waals surface area contributed by atoms with E-state index in [-0.39, 0.29) is 6.42 Å². The number of anilines is 1. The quantitative estimate of drug-likeness (QED) is 0.894. The second-order valence-electron chi connectivity index (χ2n) is 4.53. The van der Waals surface area contributed by atoms with Crippen molar-refractivity contribution < 1.29 is 8.78 Å². The molecule has 2 aromatic rings. The Hall–Kier alpha value is -2.01. The molecule has 1 heterocycles. The van der Waals surface area contributed by atoms with Crippen molar-refractivity contribution in [2.45, 2.75) is 19.4 Å². The summed E-state index contributed by atoms with van der Waals surface area (Å²) < 4.78 is 26.4. The molecular formula is C14H15F2N3. The minimum atomic E-state index is -0.605. The maximum absolute atomic E-state index is 13.6. The molecule has 1 aromatic heterocycles. The van der Waals surface area contributed by atoms with E-state index in [0.717, 1.165) is 11.6 Å². The number of aromatic nitrogens is 1. The van der Waals surface area contributed by atoms with Crippen LogP contribution >= 0.6 is 0 Å². The number of nitrogens with two attached hydrogens (primary N) is 2. The summed E-state index contributed by atoms with van der Waals surface area (Å²) in [5, 5.41) is 0. The summed E-state index contributed by atoms with van der Waals surface area (Å²) in [6.07, 6.45) is 1.88. The number of hydrogen-bond donors (Lipinski definition) is 2. The first-order valence-electron chi connectivity index (χ1n) is 5.89. The van der Waals surface area contributed by atoms with E-state index >= 15 is 0 Å². The van der Waals surface area contributed by atoms with E-state index in [9.17, 15) is 8.78 Å². The second-order valence-corrected chi connectivity index (χ2v) is 4.53. The van der Waals surface area contributed by atoms with Gasteiger partial charge in [0.1, 0.15) is 17.5 Å².